The Hall–Kier alpha value is -4.85. The first-order valence-electron chi connectivity index (χ1n) is 13.3. The van der Waals surface area contributed by atoms with Crippen LogP contribution in [0.25, 0.3) is 11.5 Å². The molecule has 0 radical (unpaired) electrons. The lowest BCUT2D eigenvalue weighted by molar-refractivity contribution is 0.00718. The number of rotatable bonds is 7. The first-order chi connectivity index (χ1) is 20.0. The van der Waals surface area contributed by atoms with E-state index in [1.807, 2.05) is 0 Å². The quantitative estimate of drug-likeness (QED) is 0.337. The van der Waals surface area contributed by atoms with Crippen LogP contribution in [0.5, 0.6) is 0 Å². The summed E-state index contributed by atoms with van der Waals surface area (Å²) < 4.78 is 27.7. The Bertz CT molecular complexity index is 1710. The van der Waals surface area contributed by atoms with E-state index in [0.29, 0.717) is 0 Å². The molecule has 4 aromatic heterocycles. The van der Waals surface area contributed by atoms with Gasteiger partial charge in [0.15, 0.2) is 28.8 Å². The molecule has 14 heteroatoms. The molecule has 0 bridgehead atoms. The third kappa shape index (κ3) is 5.65. The number of nitrogens with zero attached hydrogens (tertiary/aromatic N) is 6. The average molecular weight is 579 g/mol. The van der Waals surface area contributed by atoms with Crippen LogP contribution >= 0.6 is 0 Å². The Morgan fingerprint density at radius 3 is 2.62 bits per heavy atom. The molecule has 42 heavy (non-hydrogen) atoms. The molecule has 0 spiro atoms. The standard InChI is InChI=1S/C28H31FN8O5/c1-28(2,3)42-27(40)35(4)19-14-22(32-18-9-7-13-36(26(18)39)23-16(29)8-6-12-30-23)34-37-20(15-31-24(19)37)25(38)33-17-10-11-21(17)41-5/h6-9,12-15,17,21H,10-11H2,1-5H3,(H,32,34)(H,33,38)/t17-,21-/m0/s1. The third-order valence-corrected chi connectivity index (χ3v) is 6.72. The molecule has 2 amide bonds. The van der Waals surface area contributed by atoms with Crippen LogP contribution in [-0.4, -0.2) is 68.1 Å². The fourth-order valence-corrected chi connectivity index (χ4v) is 4.45. The van der Waals surface area contributed by atoms with E-state index in [1.54, 1.807) is 33.9 Å². The highest BCUT2D eigenvalue weighted by atomic mass is 19.1. The predicted octanol–water partition coefficient (Wildman–Crippen LogP) is 3.44. The first kappa shape index (κ1) is 28.7. The monoisotopic (exact) mass is 578 g/mol. The molecule has 0 saturated heterocycles. The minimum absolute atomic E-state index is 0.0452. The van der Waals surface area contributed by atoms with Gasteiger partial charge in [0.05, 0.1) is 24.0 Å². The number of anilines is 3. The number of fused-ring (bicyclic) bond motifs is 1. The van der Waals surface area contributed by atoms with Gasteiger partial charge in [-0.1, -0.05) is 0 Å². The lowest BCUT2D eigenvalue weighted by Gasteiger charge is -2.35. The molecule has 4 heterocycles. The highest BCUT2D eigenvalue weighted by Gasteiger charge is 2.33. The Morgan fingerprint density at radius 1 is 1.17 bits per heavy atom. The normalized spacial score (nSPS) is 16.5. The zero-order valence-electron chi connectivity index (χ0n) is 23.8. The number of carbonyl (C=O) groups excluding carboxylic acids is 2. The largest absolute Gasteiger partial charge is 0.443 e. The summed E-state index contributed by atoms with van der Waals surface area (Å²) in [4.78, 5) is 49.1. The highest BCUT2D eigenvalue weighted by Crippen LogP contribution is 2.27. The molecule has 13 nitrogen and oxygen atoms in total. The van der Waals surface area contributed by atoms with Crippen molar-refractivity contribution in [2.45, 2.75) is 51.4 Å². The summed E-state index contributed by atoms with van der Waals surface area (Å²) in [7, 11) is 3.09. The molecule has 1 aliphatic carbocycles. The van der Waals surface area contributed by atoms with E-state index >= 15 is 0 Å². The molecule has 1 fully saturated rings. The van der Waals surface area contributed by atoms with Crippen LogP contribution < -0.4 is 21.1 Å². The van der Waals surface area contributed by atoms with E-state index in [0.717, 1.165) is 17.4 Å². The van der Waals surface area contributed by atoms with Crippen LogP contribution in [-0.2, 0) is 9.47 Å². The maximum absolute atomic E-state index is 14.4. The number of aromatic nitrogens is 5. The van der Waals surface area contributed by atoms with Crippen LogP contribution in [0.3, 0.4) is 0 Å². The summed E-state index contributed by atoms with van der Waals surface area (Å²) in [6, 6.07) is 7.00. The number of nitrogens with one attached hydrogen (secondary N) is 2. The van der Waals surface area contributed by atoms with Gasteiger partial charge in [-0.05, 0) is 57.9 Å². The van der Waals surface area contributed by atoms with Crippen molar-refractivity contribution in [3.05, 3.63) is 70.8 Å². The van der Waals surface area contributed by atoms with Gasteiger partial charge in [-0.3, -0.25) is 19.1 Å². The zero-order valence-corrected chi connectivity index (χ0v) is 23.8. The van der Waals surface area contributed by atoms with Crippen molar-refractivity contribution >= 4 is 34.8 Å². The summed E-state index contributed by atoms with van der Waals surface area (Å²) in [6.07, 6.45) is 4.98. The second-order valence-corrected chi connectivity index (χ2v) is 10.8. The summed E-state index contributed by atoms with van der Waals surface area (Å²) >= 11 is 0. The van der Waals surface area contributed by atoms with Crippen molar-refractivity contribution in [2.75, 3.05) is 24.4 Å². The van der Waals surface area contributed by atoms with Crippen molar-refractivity contribution in [3.63, 3.8) is 0 Å². The fraction of sp³-hybridized carbons (Fsp3) is 0.357. The third-order valence-electron chi connectivity index (χ3n) is 6.72. The highest BCUT2D eigenvalue weighted by molar-refractivity contribution is 5.96. The van der Waals surface area contributed by atoms with Crippen LogP contribution in [0.2, 0.25) is 0 Å². The number of hydrogen-bond acceptors (Lipinski definition) is 9. The van der Waals surface area contributed by atoms with E-state index in [4.69, 9.17) is 9.47 Å². The number of pyridine rings is 2. The van der Waals surface area contributed by atoms with Crippen molar-refractivity contribution in [3.8, 4) is 5.82 Å². The number of imidazole rings is 1. The van der Waals surface area contributed by atoms with E-state index in [9.17, 15) is 18.8 Å². The number of ether oxygens (including phenoxy) is 2. The number of halogens is 1. The maximum atomic E-state index is 14.4. The van der Waals surface area contributed by atoms with Crippen LogP contribution in [0.4, 0.5) is 26.4 Å². The summed E-state index contributed by atoms with van der Waals surface area (Å²) in [5.41, 5.74) is -0.757. The topological polar surface area (TPSA) is 145 Å². The molecular formula is C28H31FN8O5. The van der Waals surface area contributed by atoms with E-state index < -0.39 is 29.0 Å². The molecule has 1 saturated carbocycles. The van der Waals surface area contributed by atoms with E-state index in [1.165, 1.54) is 59.3 Å². The molecule has 5 rings (SSSR count). The Balaban J connectivity index is 1.57. The number of hydrogen-bond donors (Lipinski definition) is 2. The fourth-order valence-electron chi connectivity index (χ4n) is 4.45. The van der Waals surface area contributed by atoms with E-state index in [2.05, 4.69) is 25.7 Å². The molecule has 1 aliphatic rings. The minimum atomic E-state index is -0.771. The first-order valence-corrected chi connectivity index (χ1v) is 13.3. The van der Waals surface area contributed by atoms with Gasteiger partial charge in [0.2, 0.25) is 0 Å². The van der Waals surface area contributed by atoms with E-state index in [-0.39, 0.29) is 46.5 Å². The number of carbonyl (C=O) groups is 2. The molecule has 220 valence electrons. The van der Waals surface area contributed by atoms with Gasteiger partial charge in [-0.25, -0.2) is 23.7 Å². The molecule has 2 N–H and O–H groups in total. The Morgan fingerprint density at radius 2 is 1.95 bits per heavy atom. The Labute approximate surface area is 240 Å². The molecule has 0 unspecified atom stereocenters. The minimum Gasteiger partial charge on any atom is -0.443 e. The van der Waals surface area contributed by atoms with Gasteiger partial charge >= 0.3 is 6.09 Å². The molecule has 2 atom stereocenters. The van der Waals surface area contributed by atoms with Crippen LogP contribution in [0, 0.1) is 5.82 Å². The van der Waals surface area contributed by atoms with Crippen molar-refractivity contribution < 1.29 is 23.5 Å². The van der Waals surface area contributed by atoms with Gasteiger partial charge in [0.25, 0.3) is 11.5 Å². The number of amides is 2. The predicted molar refractivity (Wildman–Crippen MR) is 152 cm³/mol. The lowest BCUT2D eigenvalue weighted by Crippen LogP contribution is -2.51. The summed E-state index contributed by atoms with van der Waals surface area (Å²) in [5, 5.41) is 10.4. The van der Waals surface area contributed by atoms with Crippen LogP contribution in [0.1, 0.15) is 44.1 Å². The Kier molecular flexibility index (Phi) is 7.65. The molecular weight excluding hydrogens is 547 g/mol. The average Bonchev–Trinajstić information content (AvgIpc) is 3.35. The SMILES string of the molecule is CO[C@H]1CC[C@@H]1NC(=O)c1cnc2c(N(C)C(=O)OC(C)(C)C)cc(Nc3cccn(-c4ncccc4F)c3=O)nn12. The smallest absolute Gasteiger partial charge is 0.414 e. The zero-order chi connectivity index (χ0) is 30.2. The van der Waals surface area contributed by atoms with Crippen LogP contribution in [0.15, 0.2) is 53.7 Å². The second kappa shape index (κ2) is 11.2. The molecule has 0 aliphatic heterocycles. The van der Waals surface area contributed by atoms with Crippen molar-refractivity contribution in [1.82, 2.24) is 29.5 Å². The molecule has 0 aromatic carbocycles. The van der Waals surface area contributed by atoms with Gasteiger partial charge < -0.3 is 20.1 Å². The summed E-state index contributed by atoms with van der Waals surface area (Å²) in [6.45, 7) is 5.22. The lowest BCUT2D eigenvalue weighted by atomic mass is 9.89. The van der Waals surface area contributed by atoms with Crippen molar-refractivity contribution in [2.24, 2.45) is 0 Å². The van der Waals surface area contributed by atoms with Crippen molar-refractivity contribution in [1.29, 1.82) is 0 Å². The number of methoxy groups -OCH3 is 1. The summed E-state index contributed by atoms with van der Waals surface area (Å²) in [5.74, 6) is -1.17. The molecule has 4 aromatic rings. The van der Waals surface area contributed by atoms with Gasteiger partial charge in [0.1, 0.15) is 11.3 Å². The van der Waals surface area contributed by atoms with Gasteiger partial charge in [-0.2, -0.15) is 0 Å². The second-order valence-electron chi connectivity index (χ2n) is 10.8. The van der Waals surface area contributed by atoms with Gasteiger partial charge in [-0.15, -0.1) is 5.10 Å². The van der Waals surface area contributed by atoms with Gasteiger partial charge in [0, 0.05) is 32.6 Å². The maximum Gasteiger partial charge on any atom is 0.414 e.